The van der Waals surface area contributed by atoms with Crippen molar-refractivity contribution < 1.29 is 23.9 Å². The molecule has 1 aromatic heterocycles. The van der Waals surface area contributed by atoms with Crippen LogP contribution in [0.4, 0.5) is 0 Å². The fourth-order valence-electron chi connectivity index (χ4n) is 2.36. The second kappa shape index (κ2) is 6.43. The lowest BCUT2D eigenvalue weighted by atomic mass is 9.97. The van der Waals surface area contributed by atoms with Crippen molar-refractivity contribution in [3.05, 3.63) is 24.2 Å². The highest BCUT2D eigenvalue weighted by Crippen LogP contribution is 2.18. The summed E-state index contributed by atoms with van der Waals surface area (Å²) >= 11 is 0. The first-order valence-electron chi connectivity index (χ1n) is 6.85. The average Bonchev–Trinajstić information content (AvgIpc) is 3.00. The van der Waals surface area contributed by atoms with Crippen LogP contribution in [0.2, 0.25) is 0 Å². The Morgan fingerprint density at radius 1 is 1.38 bits per heavy atom. The Kier molecular flexibility index (Phi) is 4.62. The first-order chi connectivity index (χ1) is 9.99. The molecule has 114 valence electrons. The summed E-state index contributed by atoms with van der Waals surface area (Å²) in [6.45, 7) is 2.40. The predicted octanol–water partition coefficient (Wildman–Crippen LogP) is 0.721. The van der Waals surface area contributed by atoms with Crippen LogP contribution in [0.1, 0.15) is 30.3 Å². The minimum atomic E-state index is -0.818. The second-order valence-electron chi connectivity index (χ2n) is 5.11. The van der Waals surface area contributed by atoms with Crippen molar-refractivity contribution in [2.75, 3.05) is 13.1 Å². The summed E-state index contributed by atoms with van der Waals surface area (Å²) in [5, 5.41) is 11.5. The molecule has 7 nitrogen and oxygen atoms in total. The topological polar surface area (TPSA) is 99.9 Å². The van der Waals surface area contributed by atoms with Crippen molar-refractivity contribution in [3.63, 3.8) is 0 Å². The van der Waals surface area contributed by atoms with E-state index < -0.39 is 17.9 Å². The number of aliphatic carboxylic acids is 1. The van der Waals surface area contributed by atoms with Crippen LogP contribution < -0.4 is 5.32 Å². The molecule has 1 aromatic rings. The van der Waals surface area contributed by atoms with Crippen molar-refractivity contribution in [3.8, 4) is 0 Å². The maximum atomic E-state index is 12.2. The summed E-state index contributed by atoms with van der Waals surface area (Å²) < 4.78 is 4.96. The Labute approximate surface area is 121 Å². The van der Waals surface area contributed by atoms with E-state index >= 15 is 0 Å². The standard InChI is InChI=1S/C14H18N2O5/c1-9(15-12(17)11-3-2-8-21-11)13(18)16-6-4-10(5-7-16)14(19)20/h2-3,8-10H,4-7H2,1H3,(H,15,17)(H,19,20)/t9-/m0/s1. The van der Waals surface area contributed by atoms with Crippen LogP contribution in [-0.4, -0.2) is 46.9 Å². The molecule has 1 aliphatic rings. The molecule has 2 heterocycles. The maximum Gasteiger partial charge on any atom is 0.306 e. The average molecular weight is 294 g/mol. The number of likely N-dealkylation sites (tertiary alicyclic amines) is 1. The van der Waals surface area contributed by atoms with Crippen LogP contribution in [-0.2, 0) is 9.59 Å². The van der Waals surface area contributed by atoms with E-state index in [0.29, 0.717) is 25.9 Å². The summed E-state index contributed by atoms with van der Waals surface area (Å²) in [6.07, 6.45) is 2.28. The van der Waals surface area contributed by atoms with Crippen molar-refractivity contribution >= 4 is 17.8 Å². The molecule has 2 rings (SSSR count). The predicted molar refractivity (Wildman–Crippen MR) is 72.6 cm³/mol. The molecule has 0 saturated carbocycles. The molecule has 0 radical (unpaired) electrons. The molecule has 0 spiro atoms. The van der Waals surface area contributed by atoms with Crippen LogP contribution in [0.15, 0.2) is 22.8 Å². The summed E-state index contributed by atoms with van der Waals surface area (Å²) in [4.78, 5) is 36.5. The smallest absolute Gasteiger partial charge is 0.306 e. The van der Waals surface area contributed by atoms with E-state index in [1.165, 1.54) is 12.3 Å². The van der Waals surface area contributed by atoms with E-state index in [2.05, 4.69) is 5.32 Å². The van der Waals surface area contributed by atoms with Gasteiger partial charge in [-0.2, -0.15) is 0 Å². The second-order valence-corrected chi connectivity index (χ2v) is 5.11. The van der Waals surface area contributed by atoms with Crippen molar-refractivity contribution in [1.29, 1.82) is 0 Å². The van der Waals surface area contributed by atoms with Crippen molar-refractivity contribution in [2.45, 2.75) is 25.8 Å². The number of furan rings is 1. The number of hydrogen-bond acceptors (Lipinski definition) is 4. The highest BCUT2D eigenvalue weighted by Gasteiger charge is 2.29. The molecule has 1 atom stereocenters. The maximum absolute atomic E-state index is 12.2. The molecule has 0 aliphatic carbocycles. The third kappa shape index (κ3) is 3.62. The molecule has 2 N–H and O–H groups in total. The number of piperidine rings is 1. The largest absolute Gasteiger partial charge is 0.481 e. The van der Waals surface area contributed by atoms with Crippen molar-refractivity contribution in [1.82, 2.24) is 10.2 Å². The number of carboxylic acid groups (broad SMARTS) is 1. The number of nitrogens with one attached hydrogen (secondary N) is 1. The quantitative estimate of drug-likeness (QED) is 0.852. The first kappa shape index (κ1) is 15.1. The van der Waals surface area contributed by atoms with Crippen LogP contribution in [0.3, 0.4) is 0 Å². The number of carboxylic acids is 1. The number of carbonyl (C=O) groups is 3. The number of hydrogen-bond donors (Lipinski definition) is 2. The number of rotatable bonds is 4. The van der Waals surface area contributed by atoms with Crippen molar-refractivity contribution in [2.24, 2.45) is 5.92 Å². The molecule has 0 bridgehead atoms. The zero-order valence-electron chi connectivity index (χ0n) is 11.7. The molecule has 1 fully saturated rings. The molecular weight excluding hydrogens is 276 g/mol. The van der Waals surface area contributed by atoms with Crippen LogP contribution >= 0.6 is 0 Å². The van der Waals surface area contributed by atoms with Gasteiger partial charge >= 0.3 is 5.97 Å². The summed E-state index contributed by atoms with van der Waals surface area (Å²) in [5.74, 6) is -1.71. The van der Waals surface area contributed by atoms with Gasteiger partial charge in [-0.05, 0) is 31.9 Å². The van der Waals surface area contributed by atoms with Gasteiger partial charge in [0.2, 0.25) is 5.91 Å². The fourth-order valence-corrected chi connectivity index (χ4v) is 2.36. The van der Waals surface area contributed by atoms with E-state index in [1.54, 1.807) is 17.9 Å². The van der Waals surface area contributed by atoms with Crippen LogP contribution in [0.5, 0.6) is 0 Å². The lowest BCUT2D eigenvalue weighted by Gasteiger charge is -2.32. The fraction of sp³-hybridized carbons (Fsp3) is 0.500. The molecule has 2 amide bonds. The Morgan fingerprint density at radius 2 is 2.05 bits per heavy atom. The number of nitrogens with zero attached hydrogens (tertiary/aromatic N) is 1. The minimum Gasteiger partial charge on any atom is -0.481 e. The summed E-state index contributed by atoms with van der Waals surface area (Å²) in [6, 6.07) is 2.44. The monoisotopic (exact) mass is 294 g/mol. The third-order valence-electron chi connectivity index (χ3n) is 3.62. The Bertz CT molecular complexity index is 517. The van der Waals surface area contributed by atoms with Gasteiger partial charge in [-0.3, -0.25) is 14.4 Å². The van der Waals surface area contributed by atoms with E-state index in [9.17, 15) is 14.4 Å². The van der Waals surface area contributed by atoms with Gasteiger partial charge in [0, 0.05) is 13.1 Å². The molecule has 7 heteroatoms. The summed E-state index contributed by atoms with van der Waals surface area (Å²) in [7, 11) is 0. The lowest BCUT2D eigenvalue weighted by Crippen LogP contribution is -2.49. The zero-order chi connectivity index (χ0) is 15.4. The van der Waals surface area contributed by atoms with E-state index in [0.717, 1.165) is 0 Å². The Morgan fingerprint density at radius 3 is 2.57 bits per heavy atom. The van der Waals surface area contributed by atoms with E-state index in [-0.39, 0.29) is 17.6 Å². The van der Waals surface area contributed by atoms with Crippen LogP contribution in [0.25, 0.3) is 0 Å². The number of amides is 2. The lowest BCUT2D eigenvalue weighted by molar-refractivity contribution is -0.146. The van der Waals surface area contributed by atoms with Gasteiger partial charge < -0.3 is 19.7 Å². The first-order valence-corrected chi connectivity index (χ1v) is 6.85. The molecule has 1 saturated heterocycles. The van der Waals surface area contributed by atoms with Gasteiger partial charge in [-0.1, -0.05) is 0 Å². The van der Waals surface area contributed by atoms with Gasteiger partial charge in [-0.25, -0.2) is 0 Å². The van der Waals surface area contributed by atoms with Crippen LogP contribution in [0, 0.1) is 5.92 Å². The Hall–Kier alpha value is -2.31. The molecule has 0 unspecified atom stereocenters. The Balaban J connectivity index is 1.86. The van der Waals surface area contributed by atoms with E-state index in [4.69, 9.17) is 9.52 Å². The molecule has 1 aliphatic heterocycles. The normalized spacial score (nSPS) is 17.3. The van der Waals surface area contributed by atoms with Gasteiger partial charge in [0.25, 0.3) is 5.91 Å². The minimum absolute atomic E-state index is 0.152. The number of carbonyl (C=O) groups excluding carboxylic acids is 2. The third-order valence-corrected chi connectivity index (χ3v) is 3.62. The van der Waals surface area contributed by atoms with Gasteiger partial charge in [0.05, 0.1) is 12.2 Å². The van der Waals surface area contributed by atoms with Gasteiger partial charge in [0.1, 0.15) is 6.04 Å². The van der Waals surface area contributed by atoms with Gasteiger partial charge in [-0.15, -0.1) is 0 Å². The molecular formula is C14H18N2O5. The highest BCUT2D eigenvalue weighted by atomic mass is 16.4. The van der Waals surface area contributed by atoms with Gasteiger partial charge in [0.15, 0.2) is 5.76 Å². The highest BCUT2D eigenvalue weighted by molar-refractivity contribution is 5.95. The zero-order valence-corrected chi connectivity index (χ0v) is 11.7. The summed E-state index contributed by atoms with van der Waals surface area (Å²) in [5.41, 5.74) is 0. The SMILES string of the molecule is C[C@H](NC(=O)c1ccco1)C(=O)N1CCC(C(=O)O)CC1. The molecule has 21 heavy (non-hydrogen) atoms. The molecule has 0 aromatic carbocycles. The van der Waals surface area contributed by atoms with E-state index in [1.807, 2.05) is 0 Å².